The molecule has 0 atom stereocenters. The van der Waals surface area contributed by atoms with Gasteiger partial charge in [-0.15, -0.1) is 11.3 Å². The normalized spacial score (nSPS) is 12.1. The molecule has 292 valence electrons. The molecular formula is C57H32N4OS. The van der Waals surface area contributed by atoms with E-state index in [1.807, 2.05) is 47.7 Å². The molecule has 14 rings (SSSR count). The topological polar surface area (TPSA) is 56.7 Å². The van der Waals surface area contributed by atoms with Crippen molar-refractivity contribution < 1.29 is 4.42 Å². The first-order valence-electron chi connectivity index (χ1n) is 21.2. The molecule has 4 aromatic heterocycles. The average Bonchev–Trinajstić information content (AvgIpc) is 4.04. The SMILES string of the molecule is c1ccc(-c2nc(-c3ccc4c(c3)oc3ccccc34)nc(-n3c4c(-c5cccc6c5sc5ccc7ccccc7c56)cccc4c4c5ccccc5c5ccccc5c43)n2)cc1. The van der Waals surface area contributed by atoms with Crippen molar-refractivity contribution in [2.45, 2.75) is 0 Å². The van der Waals surface area contributed by atoms with Gasteiger partial charge in [0.1, 0.15) is 11.2 Å². The van der Waals surface area contributed by atoms with Gasteiger partial charge in [0.25, 0.3) is 0 Å². The molecule has 0 radical (unpaired) electrons. The molecule has 14 aromatic rings. The summed E-state index contributed by atoms with van der Waals surface area (Å²) in [5, 5.41) is 14.2. The van der Waals surface area contributed by atoms with Gasteiger partial charge in [-0.05, 0) is 51.2 Å². The fourth-order valence-corrected chi connectivity index (χ4v) is 11.3. The average molecular weight is 821 g/mol. The summed E-state index contributed by atoms with van der Waals surface area (Å²) in [7, 11) is 0. The Labute approximate surface area is 363 Å². The third kappa shape index (κ3) is 5.01. The van der Waals surface area contributed by atoms with Crippen LogP contribution in [0.25, 0.3) is 136 Å². The number of rotatable bonds is 4. The van der Waals surface area contributed by atoms with Crippen molar-refractivity contribution in [2.75, 3.05) is 0 Å². The highest BCUT2D eigenvalue weighted by atomic mass is 32.1. The van der Waals surface area contributed by atoms with E-state index in [2.05, 4.69) is 162 Å². The van der Waals surface area contributed by atoms with Gasteiger partial charge in [0.2, 0.25) is 5.95 Å². The van der Waals surface area contributed by atoms with Crippen LogP contribution in [0.15, 0.2) is 199 Å². The van der Waals surface area contributed by atoms with Crippen molar-refractivity contribution in [1.29, 1.82) is 0 Å². The van der Waals surface area contributed by atoms with Crippen LogP contribution in [0.3, 0.4) is 0 Å². The first kappa shape index (κ1) is 34.5. The highest BCUT2D eigenvalue weighted by Gasteiger charge is 2.25. The molecule has 0 N–H and O–H groups in total. The zero-order chi connectivity index (χ0) is 41.2. The minimum absolute atomic E-state index is 0.547. The zero-order valence-electron chi connectivity index (χ0n) is 33.6. The zero-order valence-corrected chi connectivity index (χ0v) is 34.4. The number of aromatic nitrogens is 4. The van der Waals surface area contributed by atoms with E-state index in [9.17, 15) is 0 Å². The molecular weight excluding hydrogens is 789 g/mol. The summed E-state index contributed by atoms with van der Waals surface area (Å²) in [4.78, 5) is 16.1. The quantitative estimate of drug-likeness (QED) is 0.166. The first-order valence-corrected chi connectivity index (χ1v) is 22.0. The van der Waals surface area contributed by atoms with Crippen LogP contribution in [-0.2, 0) is 0 Å². The maximum absolute atomic E-state index is 6.41. The van der Waals surface area contributed by atoms with Gasteiger partial charge in [0.05, 0.1) is 11.0 Å². The summed E-state index contributed by atoms with van der Waals surface area (Å²) >= 11 is 1.86. The van der Waals surface area contributed by atoms with Crippen LogP contribution in [0.2, 0.25) is 0 Å². The van der Waals surface area contributed by atoms with Gasteiger partial charge in [0.15, 0.2) is 11.6 Å². The van der Waals surface area contributed by atoms with Crippen LogP contribution < -0.4 is 0 Å². The predicted molar refractivity (Wildman–Crippen MR) is 263 cm³/mol. The number of thiophene rings is 1. The smallest absolute Gasteiger partial charge is 0.238 e. The van der Waals surface area contributed by atoms with Crippen molar-refractivity contribution in [3.63, 3.8) is 0 Å². The molecule has 63 heavy (non-hydrogen) atoms. The van der Waals surface area contributed by atoms with E-state index >= 15 is 0 Å². The molecule has 0 unspecified atom stereocenters. The Bertz CT molecular complexity index is 4220. The van der Waals surface area contributed by atoms with E-state index in [0.29, 0.717) is 17.6 Å². The lowest BCUT2D eigenvalue weighted by Gasteiger charge is -2.14. The second-order valence-electron chi connectivity index (χ2n) is 16.3. The van der Waals surface area contributed by atoms with Gasteiger partial charge >= 0.3 is 0 Å². The summed E-state index contributed by atoms with van der Waals surface area (Å²) in [6.45, 7) is 0. The number of nitrogens with zero attached hydrogens (tertiary/aromatic N) is 4. The van der Waals surface area contributed by atoms with E-state index in [4.69, 9.17) is 19.4 Å². The number of para-hydroxylation sites is 2. The standard InChI is InChI=1S/C57H32N4OS/c1-2-15-34(16-3-1)55-58-56(35-28-30-40-39-20-10-11-27-47(39)62-48(40)32-35)60-57(59-55)61-52-43(44-24-13-26-46-50-36-17-5-4-14-33(36)29-31-49(50)63-54(44)46)23-12-25-45(52)51-41-21-8-6-18-37(41)38-19-7-9-22-42(38)53(51)61/h1-32H. The minimum Gasteiger partial charge on any atom is -0.456 e. The summed E-state index contributed by atoms with van der Waals surface area (Å²) in [5.41, 5.74) is 7.80. The largest absolute Gasteiger partial charge is 0.456 e. The van der Waals surface area contributed by atoms with Crippen molar-refractivity contribution in [3.05, 3.63) is 194 Å². The molecule has 0 fully saturated rings. The Balaban J connectivity index is 1.14. The van der Waals surface area contributed by atoms with Gasteiger partial charge in [-0.25, -0.2) is 4.98 Å². The first-order chi connectivity index (χ1) is 31.2. The molecule has 0 saturated heterocycles. The lowest BCUT2D eigenvalue weighted by atomic mass is 9.95. The fourth-order valence-electron chi connectivity index (χ4n) is 10.1. The van der Waals surface area contributed by atoms with Crippen molar-refractivity contribution >= 4 is 108 Å². The molecule has 0 aliphatic carbocycles. The van der Waals surface area contributed by atoms with Gasteiger partial charge in [-0.3, -0.25) is 4.57 Å². The molecule has 6 heteroatoms. The molecule has 0 spiro atoms. The molecule has 5 nitrogen and oxygen atoms in total. The monoisotopic (exact) mass is 820 g/mol. The lowest BCUT2D eigenvalue weighted by Crippen LogP contribution is -2.07. The second kappa shape index (κ2) is 13.2. The van der Waals surface area contributed by atoms with Crippen LogP contribution in [0.4, 0.5) is 0 Å². The van der Waals surface area contributed by atoms with Crippen LogP contribution in [0, 0.1) is 0 Å². The Morgan fingerprint density at radius 3 is 1.86 bits per heavy atom. The number of hydrogen-bond acceptors (Lipinski definition) is 5. The number of benzene rings is 10. The van der Waals surface area contributed by atoms with E-state index < -0.39 is 0 Å². The Morgan fingerprint density at radius 1 is 0.381 bits per heavy atom. The van der Waals surface area contributed by atoms with Gasteiger partial charge in [-0.1, -0.05) is 170 Å². The maximum atomic E-state index is 6.41. The Kier molecular flexibility index (Phi) is 7.21. The molecule has 10 aromatic carbocycles. The van der Waals surface area contributed by atoms with E-state index in [0.717, 1.165) is 60.4 Å². The van der Waals surface area contributed by atoms with Crippen LogP contribution in [-0.4, -0.2) is 19.5 Å². The van der Waals surface area contributed by atoms with Gasteiger partial charge < -0.3 is 4.42 Å². The molecule has 0 bridgehead atoms. The highest BCUT2D eigenvalue weighted by Crippen LogP contribution is 2.48. The van der Waals surface area contributed by atoms with Crippen LogP contribution >= 0.6 is 11.3 Å². The minimum atomic E-state index is 0.547. The van der Waals surface area contributed by atoms with E-state index in [1.165, 1.54) is 58.1 Å². The van der Waals surface area contributed by atoms with Crippen molar-refractivity contribution in [2.24, 2.45) is 0 Å². The summed E-state index contributed by atoms with van der Waals surface area (Å²) in [5.74, 6) is 1.71. The number of hydrogen-bond donors (Lipinski definition) is 0. The van der Waals surface area contributed by atoms with Gasteiger partial charge in [0, 0.05) is 69.4 Å². The van der Waals surface area contributed by atoms with E-state index in [-0.39, 0.29) is 0 Å². The highest BCUT2D eigenvalue weighted by molar-refractivity contribution is 7.26. The Hall–Kier alpha value is -8.19. The molecule has 4 heterocycles. The van der Waals surface area contributed by atoms with Crippen molar-refractivity contribution in [3.8, 4) is 39.9 Å². The van der Waals surface area contributed by atoms with Gasteiger partial charge in [-0.2, -0.15) is 9.97 Å². The third-order valence-corrected chi connectivity index (χ3v) is 14.0. The number of furan rings is 1. The van der Waals surface area contributed by atoms with E-state index in [1.54, 1.807) is 0 Å². The summed E-state index contributed by atoms with van der Waals surface area (Å²) in [6.07, 6.45) is 0. The summed E-state index contributed by atoms with van der Waals surface area (Å²) in [6, 6.07) is 69.0. The van der Waals surface area contributed by atoms with Crippen LogP contribution in [0.1, 0.15) is 0 Å². The molecule has 0 aliphatic heterocycles. The Morgan fingerprint density at radius 2 is 1.02 bits per heavy atom. The molecule has 0 aliphatic rings. The van der Waals surface area contributed by atoms with Crippen molar-refractivity contribution in [1.82, 2.24) is 19.5 Å². The maximum Gasteiger partial charge on any atom is 0.238 e. The molecule has 0 amide bonds. The third-order valence-electron chi connectivity index (χ3n) is 12.8. The fraction of sp³-hybridized carbons (Fsp3) is 0. The number of fused-ring (bicyclic) bond motifs is 16. The predicted octanol–water partition coefficient (Wildman–Crippen LogP) is 15.7. The van der Waals surface area contributed by atoms with Crippen LogP contribution in [0.5, 0.6) is 0 Å². The molecule has 0 saturated carbocycles. The lowest BCUT2D eigenvalue weighted by molar-refractivity contribution is 0.669. The second-order valence-corrected chi connectivity index (χ2v) is 17.3. The summed E-state index contributed by atoms with van der Waals surface area (Å²) < 4.78 is 11.3.